The van der Waals surface area contributed by atoms with E-state index >= 15 is 0 Å². The van der Waals surface area contributed by atoms with Crippen molar-refractivity contribution in [3.8, 4) is 0 Å². The van der Waals surface area contributed by atoms with Crippen molar-refractivity contribution < 1.29 is 14.1 Å². The van der Waals surface area contributed by atoms with Crippen LogP contribution in [-0.4, -0.2) is 24.2 Å². The topological polar surface area (TPSA) is 61.6 Å². The van der Waals surface area contributed by atoms with E-state index in [0.717, 1.165) is 42.3 Å². The van der Waals surface area contributed by atoms with E-state index in [1.807, 2.05) is 0 Å². The van der Waals surface area contributed by atoms with Crippen molar-refractivity contribution in [3.05, 3.63) is 29.3 Å². The average Bonchev–Trinajstić information content (AvgIpc) is 2.76. The third-order valence-electron chi connectivity index (χ3n) is 6.52. The van der Waals surface area contributed by atoms with Crippen LogP contribution in [0.25, 0.3) is 0 Å². The van der Waals surface area contributed by atoms with Crippen molar-refractivity contribution in [1.29, 1.82) is 0 Å². The molecule has 0 atom stereocenters. The molecule has 0 aromatic heterocycles. The number of nitrogens with two attached hydrogens (primary N) is 1. The van der Waals surface area contributed by atoms with Crippen molar-refractivity contribution in [2.75, 3.05) is 0 Å². The van der Waals surface area contributed by atoms with Crippen LogP contribution in [-0.2, 0) is 19.5 Å². The fourth-order valence-corrected chi connectivity index (χ4v) is 3.99. The van der Waals surface area contributed by atoms with Gasteiger partial charge in [0.25, 0.3) is 0 Å². The highest BCUT2D eigenvalue weighted by Gasteiger charge is 2.52. The zero-order chi connectivity index (χ0) is 18.5. The summed E-state index contributed by atoms with van der Waals surface area (Å²) in [6.45, 7) is 10.3. The predicted octanol–water partition coefficient (Wildman–Crippen LogP) is 2.98. The summed E-state index contributed by atoms with van der Waals surface area (Å²) in [5.41, 5.74) is 7.66. The average molecular weight is 343 g/mol. The highest BCUT2D eigenvalue weighted by atomic mass is 16.7. The second-order valence-corrected chi connectivity index (χ2v) is 8.67. The normalized spacial score (nSPS) is 24.3. The molecule has 5 heteroatoms. The van der Waals surface area contributed by atoms with Crippen LogP contribution in [0.1, 0.15) is 70.9 Å². The molecule has 136 valence electrons. The molecule has 2 aliphatic rings. The Balaban J connectivity index is 2.00. The summed E-state index contributed by atoms with van der Waals surface area (Å²) < 4.78 is 12.5. The lowest BCUT2D eigenvalue weighted by Crippen LogP contribution is -2.44. The first-order valence-corrected chi connectivity index (χ1v) is 9.36. The number of carbonyl (C=O) groups is 1. The van der Waals surface area contributed by atoms with Gasteiger partial charge in [0.1, 0.15) is 0 Å². The van der Waals surface area contributed by atoms with Gasteiger partial charge >= 0.3 is 7.12 Å². The van der Waals surface area contributed by atoms with Gasteiger partial charge < -0.3 is 15.0 Å². The Hall–Kier alpha value is -1.33. The monoisotopic (exact) mass is 343 g/mol. The Kier molecular flexibility index (Phi) is 4.53. The highest BCUT2D eigenvalue weighted by Crippen LogP contribution is 2.40. The first-order chi connectivity index (χ1) is 11.6. The molecule has 2 fully saturated rings. The Morgan fingerprint density at radius 2 is 1.60 bits per heavy atom. The molecular formula is C20H30BNO3. The zero-order valence-electron chi connectivity index (χ0n) is 16.1. The van der Waals surface area contributed by atoms with E-state index in [9.17, 15) is 4.79 Å². The van der Waals surface area contributed by atoms with Gasteiger partial charge in [-0.25, -0.2) is 0 Å². The first-order valence-electron chi connectivity index (χ1n) is 9.36. The van der Waals surface area contributed by atoms with Crippen molar-refractivity contribution in [2.45, 2.75) is 83.3 Å². The summed E-state index contributed by atoms with van der Waals surface area (Å²) in [6, 6.07) is 6.21. The molecule has 4 nitrogen and oxygen atoms in total. The highest BCUT2D eigenvalue weighted by molar-refractivity contribution is 6.62. The molecule has 0 radical (unpaired) electrons. The molecule has 25 heavy (non-hydrogen) atoms. The lowest BCUT2D eigenvalue weighted by molar-refractivity contribution is -0.124. The molecule has 0 unspecified atom stereocenters. The summed E-state index contributed by atoms with van der Waals surface area (Å²) >= 11 is 0. The van der Waals surface area contributed by atoms with Gasteiger partial charge in [-0.2, -0.15) is 0 Å². The molecule has 1 saturated carbocycles. The molecular weight excluding hydrogens is 313 g/mol. The van der Waals surface area contributed by atoms with E-state index in [0.29, 0.717) is 0 Å². The lowest BCUT2D eigenvalue weighted by Gasteiger charge is -2.35. The molecule has 2 N–H and O–H groups in total. The lowest BCUT2D eigenvalue weighted by atomic mass is 9.66. The maximum absolute atomic E-state index is 12.4. The summed E-state index contributed by atoms with van der Waals surface area (Å²) in [6.07, 6.45) is 4.92. The van der Waals surface area contributed by atoms with Crippen LogP contribution in [0.2, 0.25) is 0 Å². The molecule has 3 rings (SSSR count). The Labute approximate surface area is 151 Å². The minimum Gasteiger partial charge on any atom is -0.399 e. The number of carbonyl (C=O) groups excluding carboxylic acids is 1. The third kappa shape index (κ3) is 3.02. The van der Waals surface area contributed by atoms with E-state index < -0.39 is 12.5 Å². The van der Waals surface area contributed by atoms with E-state index in [1.54, 1.807) is 0 Å². The van der Waals surface area contributed by atoms with Gasteiger partial charge in [0.2, 0.25) is 5.91 Å². The number of aryl methyl sites for hydroxylation is 1. The Bertz CT molecular complexity index is 662. The quantitative estimate of drug-likeness (QED) is 0.859. The largest absolute Gasteiger partial charge is 0.495 e. The maximum atomic E-state index is 12.4. The SMILES string of the molecule is Cc1ccc(C2(C(N)=O)CCCCC2)cc1B1OC(C)(C)C(C)(C)O1. The summed E-state index contributed by atoms with van der Waals surface area (Å²) in [7, 11) is -0.418. The van der Waals surface area contributed by atoms with E-state index in [-0.39, 0.29) is 17.1 Å². The molecule has 1 aromatic rings. The fraction of sp³-hybridized carbons (Fsp3) is 0.650. The van der Waals surface area contributed by atoms with E-state index in [4.69, 9.17) is 15.0 Å². The van der Waals surface area contributed by atoms with Crippen LogP contribution in [0.5, 0.6) is 0 Å². The van der Waals surface area contributed by atoms with Crippen molar-refractivity contribution >= 4 is 18.5 Å². The third-order valence-corrected chi connectivity index (χ3v) is 6.52. The standard InChI is InChI=1S/C20H30BNO3/c1-14-9-10-15(20(17(22)23)11-7-6-8-12-20)13-16(14)21-24-18(2,3)19(4,5)25-21/h9-10,13H,6-8,11-12H2,1-5H3,(H2,22,23). The number of amides is 1. The molecule has 0 spiro atoms. The van der Waals surface area contributed by atoms with Crippen LogP contribution in [0.4, 0.5) is 0 Å². The molecule has 1 aliphatic heterocycles. The fourth-order valence-electron chi connectivity index (χ4n) is 3.99. The van der Waals surface area contributed by atoms with Gasteiger partial charge in [0, 0.05) is 0 Å². The van der Waals surface area contributed by atoms with E-state index in [2.05, 4.69) is 52.8 Å². The molecule has 1 aliphatic carbocycles. The zero-order valence-corrected chi connectivity index (χ0v) is 16.1. The van der Waals surface area contributed by atoms with Crippen LogP contribution >= 0.6 is 0 Å². The van der Waals surface area contributed by atoms with E-state index in [1.165, 1.54) is 6.42 Å². The molecule has 1 saturated heterocycles. The minimum atomic E-state index is -0.551. The van der Waals surface area contributed by atoms with Gasteiger partial charge in [-0.05, 0) is 58.5 Å². The number of benzene rings is 1. The van der Waals surface area contributed by atoms with Crippen LogP contribution in [0.15, 0.2) is 18.2 Å². The summed E-state index contributed by atoms with van der Waals surface area (Å²) in [5, 5.41) is 0. The van der Waals surface area contributed by atoms with Gasteiger partial charge in [-0.3, -0.25) is 4.79 Å². The van der Waals surface area contributed by atoms with Gasteiger partial charge in [-0.15, -0.1) is 0 Å². The smallest absolute Gasteiger partial charge is 0.399 e. The van der Waals surface area contributed by atoms with Gasteiger partial charge in [-0.1, -0.05) is 43.0 Å². The molecule has 0 bridgehead atoms. The predicted molar refractivity (Wildman–Crippen MR) is 101 cm³/mol. The number of hydrogen-bond donors (Lipinski definition) is 1. The minimum absolute atomic E-state index is 0.212. The number of rotatable bonds is 3. The van der Waals surface area contributed by atoms with Crippen molar-refractivity contribution in [2.24, 2.45) is 5.73 Å². The molecule has 1 amide bonds. The van der Waals surface area contributed by atoms with Crippen LogP contribution in [0, 0.1) is 6.92 Å². The Morgan fingerprint density at radius 1 is 1.04 bits per heavy atom. The first kappa shape index (κ1) is 18.5. The number of hydrogen-bond acceptors (Lipinski definition) is 3. The second kappa shape index (κ2) is 6.13. The van der Waals surface area contributed by atoms with Crippen molar-refractivity contribution in [1.82, 2.24) is 0 Å². The van der Waals surface area contributed by atoms with Gasteiger partial charge in [0.15, 0.2) is 0 Å². The van der Waals surface area contributed by atoms with Gasteiger partial charge in [0.05, 0.1) is 16.6 Å². The summed E-state index contributed by atoms with van der Waals surface area (Å²) in [5.74, 6) is -0.212. The molecule has 1 aromatic carbocycles. The van der Waals surface area contributed by atoms with Crippen LogP contribution in [0.3, 0.4) is 0 Å². The maximum Gasteiger partial charge on any atom is 0.495 e. The van der Waals surface area contributed by atoms with Crippen LogP contribution < -0.4 is 11.2 Å². The number of primary amides is 1. The second-order valence-electron chi connectivity index (χ2n) is 8.67. The summed E-state index contributed by atoms with van der Waals surface area (Å²) in [4.78, 5) is 12.4. The Morgan fingerprint density at radius 3 is 2.12 bits per heavy atom. The van der Waals surface area contributed by atoms with Crippen molar-refractivity contribution in [3.63, 3.8) is 0 Å². The molecule has 1 heterocycles.